The van der Waals surface area contributed by atoms with Crippen molar-refractivity contribution in [3.05, 3.63) is 23.8 Å². The fraction of sp³-hybridized carbons (Fsp3) is 0.400. The summed E-state index contributed by atoms with van der Waals surface area (Å²) in [6, 6.07) is 4.59. The standard InChI is InChI=1S/C15H16N2O6/c1-21-11-4-3-9(5-12(11)22-2)14(19)16-6-10(7-16)17-13(18)8-23-15(17)20/h3-5,10H,6-8H2,1-2H3. The van der Waals surface area contributed by atoms with Crippen LogP contribution >= 0.6 is 0 Å². The Labute approximate surface area is 132 Å². The van der Waals surface area contributed by atoms with Gasteiger partial charge in [-0.1, -0.05) is 0 Å². The minimum Gasteiger partial charge on any atom is -0.493 e. The molecule has 1 aromatic rings. The molecule has 2 fully saturated rings. The first kappa shape index (κ1) is 15.1. The van der Waals surface area contributed by atoms with Gasteiger partial charge in [-0.3, -0.25) is 9.59 Å². The van der Waals surface area contributed by atoms with Crippen molar-refractivity contribution in [3.63, 3.8) is 0 Å². The normalized spacial score (nSPS) is 17.8. The van der Waals surface area contributed by atoms with Gasteiger partial charge in [0.15, 0.2) is 18.1 Å². The molecule has 0 aliphatic carbocycles. The highest BCUT2D eigenvalue weighted by molar-refractivity contribution is 5.99. The van der Waals surface area contributed by atoms with Gasteiger partial charge in [0.2, 0.25) is 0 Å². The number of imide groups is 1. The highest BCUT2D eigenvalue weighted by Gasteiger charge is 2.44. The Morgan fingerprint density at radius 3 is 2.43 bits per heavy atom. The third-order valence-electron chi connectivity index (χ3n) is 3.93. The largest absolute Gasteiger partial charge is 0.493 e. The van der Waals surface area contributed by atoms with E-state index in [0.717, 1.165) is 4.90 Å². The Kier molecular flexibility index (Phi) is 3.81. The number of rotatable bonds is 4. The van der Waals surface area contributed by atoms with Crippen LogP contribution in [0, 0.1) is 0 Å². The van der Waals surface area contributed by atoms with Gasteiger partial charge in [0.1, 0.15) is 0 Å². The van der Waals surface area contributed by atoms with Crippen molar-refractivity contribution in [2.75, 3.05) is 33.9 Å². The predicted molar refractivity (Wildman–Crippen MR) is 77.4 cm³/mol. The number of hydrogen-bond donors (Lipinski definition) is 0. The molecule has 0 unspecified atom stereocenters. The molecule has 2 aliphatic heterocycles. The molecule has 2 aliphatic rings. The average Bonchev–Trinajstić information content (AvgIpc) is 2.85. The fourth-order valence-electron chi connectivity index (χ4n) is 2.65. The van der Waals surface area contributed by atoms with Gasteiger partial charge in [-0.25, -0.2) is 9.69 Å². The van der Waals surface area contributed by atoms with E-state index in [4.69, 9.17) is 9.47 Å². The maximum atomic E-state index is 12.4. The summed E-state index contributed by atoms with van der Waals surface area (Å²) in [6.45, 7) is 0.376. The molecule has 0 saturated carbocycles. The zero-order valence-electron chi connectivity index (χ0n) is 12.8. The van der Waals surface area contributed by atoms with Gasteiger partial charge < -0.3 is 19.1 Å². The van der Waals surface area contributed by atoms with Crippen molar-refractivity contribution >= 4 is 17.9 Å². The molecule has 8 heteroatoms. The van der Waals surface area contributed by atoms with Gasteiger partial charge in [-0.2, -0.15) is 0 Å². The average molecular weight is 320 g/mol. The molecule has 2 saturated heterocycles. The van der Waals surface area contributed by atoms with E-state index < -0.39 is 6.09 Å². The summed E-state index contributed by atoms with van der Waals surface area (Å²) in [5, 5.41) is 0. The maximum absolute atomic E-state index is 12.4. The van der Waals surface area contributed by atoms with E-state index in [1.165, 1.54) is 14.2 Å². The van der Waals surface area contributed by atoms with E-state index in [2.05, 4.69) is 4.74 Å². The van der Waals surface area contributed by atoms with Gasteiger partial charge in [0.05, 0.1) is 20.3 Å². The maximum Gasteiger partial charge on any atom is 0.417 e. The highest BCUT2D eigenvalue weighted by atomic mass is 16.6. The van der Waals surface area contributed by atoms with Crippen molar-refractivity contribution in [1.82, 2.24) is 9.80 Å². The summed E-state index contributed by atoms with van der Waals surface area (Å²) >= 11 is 0. The molecule has 8 nitrogen and oxygen atoms in total. The number of nitrogens with zero attached hydrogens (tertiary/aromatic N) is 2. The van der Waals surface area contributed by atoms with Crippen LogP contribution in [0.1, 0.15) is 10.4 Å². The first-order valence-electron chi connectivity index (χ1n) is 7.05. The van der Waals surface area contributed by atoms with Crippen molar-refractivity contribution < 1.29 is 28.6 Å². The number of hydrogen-bond acceptors (Lipinski definition) is 6. The lowest BCUT2D eigenvalue weighted by Gasteiger charge is -2.42. The smallest absolute Gasteiger partial charge is 0.417 e. The van der Waals surface area contributed by atoms with Crippen LogP contribution in [0.3, 0.4) is 0 Å². The molecule has 3 amide bonds. The molecule has 0 N–H and O–H groups in total. The van der Waals surface area contributed by atoms with Crippen molar-refractivity contribution in [2.45, 2.75) is 6.04 Å². The van der Waals surface area contributed by atoms with Crippen LogP contribution in [0.25, 0.3) is 0 Å². The number of carbonyl (C=O) groups is 3. The second-order valence-electron chi connectivity index (χ2n) is 5.25. The Hall–Kier alpha value is -2.77. The second-order valence-corrected chi connectivity index (χ2v) is 5.25. The minimum absolute atomic E-state index is 0.192. The van der Waals surface area contributed by atoms with Gasteiger partial charge >= 0.3 is 6.09 Å². The molecule has 0 bridgehead atoms. The lowest BCUT2D eigenvalue weighted by atomic mass is 10.0. The molecule has 2 heterocycles. The lowest BCUT2D eigenvalue weighted by molar-refractivity contribution is -0.129. The van der Waals surface area contributed by atoms with E-state index >= 15 is 0 Å². The Balaban J connectivity index is 1.67. The summed E-state index contributed by atoms with van der Waals surface area (Å²) < 4.78 is 15.0. The van der Waals surface area contributed by atoms with Gasteiger partial charge in [0.25, 0.3) is 11.8 Å². The molecule has 122 valence electrons. The molecule has 3 rings (SSSR count). The van der Waals surface area contributed by atoms with E-state index in [1.807, 2.05) is 0 Å². The van der Waals surface area contributed by atoms with Crippen LogP contribution in [0.5, 0.6) is 11.5 Å². The van der Waals surface area contributed by atoms with Crippen LogP contribution < -0.4 is 9.47 Å². The molecule has 0 radical (unpaired) electrons. The number of benzene rings is 1. The summed E-state index contributed by atoms with van der Waals surface area (Å²) in [6.07, 6.45) is -0.641. The first-order chi connectivity index (χ1) is 11.0. The first-order valence-corrected chi connectivity index (χ1v) is 7.05. The molecular formula is C15H16N2O6. The number of likely N-dealkylation sites (tertiary alicyclic amines) is 1. The number of amides is 3. The Morgan fingerprint density at radius 1 is 1.17 bits per heavy atom. The number of methoxy groups -OCH3 is 2. The minimum atomic E-state index is -0.641. The summed E-state index contributed by atoms with van der Waals surface area (Å²) in [5.74, 6) is 0.449. The molecule has 23 heavy (non-hydrogen) atoms. The van der Waals surface area contributed by atoms with Crippen LogP contribution in [-0.2, 0) is 9.53 Å². The third-order valence-corrected chi connectivity index (χ3v) is 3.93. The van der Waals surface area contributed by atoms with Crippen LogP contribution in [0.4, 0.5) is 4.79 Å². The van der Waals surface area contributed by atoms with Crippen LogP contribution in [-0.4, -0.2) is 67.7 Å². The topological polar surface area (TPSA) is 85.4 Å². The second kappa shape index (κ2) is 5.79. The van der Waals surface area contributed by atoms with E-state index in [9.17, 15) is 14.4 Å². The summed E-state index contributed by atoms with van der Waals surface area (Å²) in [7, 11) is 3.02. The van der Waals surface area contributed by atoms with Gasteiger partial charge in [0, 0.05) is 18.7 Å². The summed E-state index contributed by atoms with van der Waals surface area (Å²) in [5.41, 5.74) is 0.455. The quantitative estimate of drug-likeness (QED) is 0.803. The van der Waals surface area contributed by atoms with Crippen molar-refractivity contribution in [2.24, 2.45) is 0 Å². The zero-order chi connectivity index (χ0) is 16.6. The van der Waals surface area contributed by atoms with Crippen molar-refractivity contribution in [3.8, 4) is 11.5 Å². The SMILES string of the molecule is COc1ccc(C(=O)N2CC(N3C(=O)COC3=O)C2)cc1OC. The third kappa shape index (κ3) is 2.56. The lowest BCUT2D eigenvalue weighted by Crippen LogP contribution is -2.62. The van der Waals surface area contributed by atoms with Crippen LogP contribution in [0.15, 0.2) is 18.2 Å². The van der Waals surface area contributed by atoms with E-state index in [-0.39, 0.29) is 24.5 Å². The predicted octanol–water partition coefficient (Wildman–Crippen LogP) is 0.507. The molecule has 0 aromatic heterocycles. The van der Waals surface area contributed by atoms with Gasteiger partial charge in [-0.15, -0.1) is 0 Å². The number of ether oxygens (including phenoxy) is 3. The zero-order valence-corrected chi connectivity index (χ0v) is 12.8. The van der Waals surface area contributed by atoms with E-state index in [1.54, 1.807) is 23.1 Å². The number of carbonyl (C=O) groups excluding carboxylic acids is 3. The van der Waals surface area contributed by atoms with Crippen molar-refractivity contribution in [1.29, 1.82) is 0 Å². The highest BCUT2D eigenvalue weighted by Crippen LogP contribution is 2.29. The fourth-order valence-corrected chi connectivity index (χ4v) is 2.65. The Morgan fingerprint density at radius 2 is 1.87 bits per heavy atom. The van der Waals surface area contributed by atoms with E-state index in [0.29, 0.717) is 30.2 Å². The number of cyclic esters (lactones) is 1. The van der Waals surface area contributed by atoms with Gasteiger partial charge in [-0.05, 0) is 18.2 Å². The monoisotopic (exact) mass is 320 g/mol. The van der Waals surface area contributed by atoms with Crippen LogP contribution in [0.2, 0.25) is 0 Å². The molecule has 1 aromatic carbocycles. The molecule has 0 atom stereocenters. The molecular weight excluding hydrogens is 304 g/mol. The summed E-state index contributed by atoms with van der Waals surface area (Å²) in [4.78, 5) is 38.1. The Bertz CT molecular complexity index is 652. The molecule has 0 spiro atoms.